The Bertz CT molecular complexity index is 349. The van der Waals surface area contributed by atoms with Crippen molar-refractivity contribution in [2.75, 3.05) is 0 Å². The molecule has 0 saturated carbocycles. The normalized spacial score (nSPS) is 16.3. The zero-order valence-electron chi connectivity index (χ0n) is 16.1. The molecule has 0 radical (unpaired) electrons. The Balaban J connectivity index is 5.07. The minimum atomic E-state index is -1.11. The van der Waals surface area contributed by atoms with Crippen LogP contribution in [0.5, 0.6) is 0 Å². The van der Waals surface area contributed by atoms with Crippen LogP contribution in [0.15, 0.2) is 0 Å². The number of unbranched alkanes of at least 4 members (excludes halogenated alkanes) is 2. The maximum atomic E-state index is 12.0. The molecule has 4 nitrogen and oxygen atoms in total. The lowest BCUT2D eigenvalue weighted by Crippen LogP contribution is -2.44. The first kappa shape index (κ1) is 22.9. The van der Waals surface area contributed by atoms with E-state index in [4.69, 9.17) is 0 Å². The van der Waals surface area contributed by atoms with Crippen molar-refractivity contribution < 1.29 is 19.8 Å². The zero-order valence-corrected chi connectivity index (χ0v) is 16.1. The molecule has 0 aromatic rings. The predicted octanol–water partition coefficient (Wildman–Crippen LogP) is 3.08. The SMILES string of the molecule is CCCCC(C)CC(CCCC(=O)[O-])(CC(C)CCCC)C(=O)[O-]. The fourth-order valence-corrected chi connectivity index (χ4v) is 3.77. The molecule has 142 valence electrons. The molecule has 0 saturated heterocycles. The maximum absolute atomic E-state index is 12.0. The average Bonchev–Trinajstić information content (AvgIpc) is 2.50. The van der Waals surface area contributed by atoms with Gasteiger partial charge in [-0.2, -0.15) is 0 Å². The average molecular weight is 341 g/mol. The van der Waals surface area contributed by atoms with Crippen molar-refractivity contribution in [1.82, 2.24) is 0 Å². The molecule has 24 heavy (non-hydrogen) atoms. The number of aliphatic carboxylic acids is 2. The van der Waals surface area contributed by atoms with Gasteiger partial charge in [0, 0.05) is 17.4 Å². The second kappa shape index (κ2) is 12.3. The summed E-state index contributed by atoms with van der Waals surface area (Å²) in [6.45, 7) is 8.46. The molecule has 2 unspecified atom stereocenters. The van der Waals surface area contributed by atoms with E-state index in [1.54, 1.807) is 0 Å². The van der Waals surface area contributed by atoms with E-state index in [-0.39, 0.29) is 6.42 Å². The summed E-state index contributed by atoms with van der Waals surface area (Å²) in [6.07, 6.45) is 8.20. The molecule has 2 atom stereocenters. The maximum Gasteiger partial charge on any atom is 0.0476 e. The zero-order chi connectivity index (χ0) is 18.6. The van der Waals surface area contributed by atoms with Crippen LogP contribution in [0.1, 0.15) is 98.3 Å². The number of carbonyl (C=O) groups excluding carboxylic acids is 2. The van der Waals surface area contributed by atoms with Gasteiger partial charge < -0.3 is 19.8 Å². The third-order valence-electron chi connectivity index (χ3n) is 5.05. The third kappa shape index (κ3) is 9.29. The highest BCUT2D eigenvalue weighted by Gasteiger charge is 2.34. The largest absolute Gasteiger partial charge is 0.550 e. The summed E-state index contributed by atoms with van der Waals surface area (Å²) in [7, 11) is 0. The van der Waals surface area contributed by atoms with Crippen LogP contribution in [-0.2, 0) is 9.59 Å². The number of hydrogen-bond donors (Lipinski definition) is 0. The lowest BCUT2D eigenvalue weighted by molar-refractivity contribution is -0.322. The fourth-order valence-electron chi connectivity index (χ4n) is 3.77. The molecule has 0 amide bonds. The number of carbonyl (C=O) groups is 2. The first-order valence-corrected chi connectivity index (χ1v) is 9.68. The monoisotopic (exact) mass is 340 g/mol. The lowest BCUT2D eigenvalue weighted by Gasteiger charge is -2.39. The van der Waals surface area contributed by atoms with Crippen LogP contribution in [0.25, 0.3) is 0 Å². The summed E-state index contributed by atoms with van der Waals surface area (Å²) in [6, 6.07) is 0. The van der Waals surface area contributed by atoms with Crippen LogP contribution in [0.2, 0.25) is 0 Å². The van der Waals surface area contributed by atoms with Crippen LogP contribution in [0.4, 0.5) is 0 Å². The van der Waals surface area contributed by atoms with Crippen LogP contribution < -0.4 is 10.2 Å². The highest BCUT2D eigenvalue weighted by molar-refractivity contribution is 5.72. The number of carboxylic acid groups (broad SMARTS) is 2. The van der Waals surface area contributed by atoms with Gasteiger partial charge in [0.15, 0.2) is 0 Å². The quantitative estimate of drug-likeness (QED) is 0.459. The van der Waals surface area contributed by atoms with E-state index in [0.29, 0.717) is 37.5 Å². The minimum absolute atomic E-state index is 0.0816. The molecule has 0 spiro atoms. The Kier molecular flexibility index (Phi) is 11.8. The first-order valence-electron chi connectivity index (χ1n) is 9.68. The Morgan fingerprint density at radius 2 is 1.33 bits per heavy atom. The van der Waals surface area contributed by atoms with Crippen molar-refractivity contribution >= 4 is 11.9 Å². The van der Waals surface area contributed by atoms with Gasteiger partial charge in [0.2, 0.25) is 0 Å². The first-order chi connectivity index (χ1) is 11.3. The van der Waals surface area contributed by atoms with E-state index in [0.717, 1.165) is 38.5 Å². The van der Waals surface area contributed by atoms with Gasteiger partial charge in [0.05, 0.1) is 0 Å². The van der Waals surface area contributed by atoms with Gasteiger partial charge in [-0.3, -0.25) is 0 Å². The van der Waals surface area contributed by atoms with Gasteiger partial charge in [-0.05, 0) is 43.9 Å². The summed E-state index contributed by atoms with van der Waals surface area (Å²) in [5.41, 5.74) is -0.907. The van der Waals surface area contributed by atoms with Crippen molar-refractivity contribution in [3.05, 3.63) is 0 Å². The molecule has 0 aromatic carbocycles. The Morgan fingerprint density at radius 1 is 0.875 bits per heavy atom. The standard InChI is InChI=1S/C20H38O4/c1-5-7-10-16(3)14-20(19(23)24,13-9-12-18(21)22)15-17(4)11-8-6-2/h16-17H,5-15H2,1-4H3,(H,21,22)(H,23,24)/p-2. The smallest absolute Gasteiger partial charge is 0.0476 e. The van der Waals surface area contributed by atoms with Crippen LogP contribution in [0, 0.1) is 17.3 Å². The van der Waals surface area contributed by atoms with E-state index in [2.05, 4.69) is 27.7 Å². The molecule has 0 aliphatic carbocycles. The van der Waals surface area contributed by atoms with Gasteiger partial charge in [-0.15, -0.1) is 0 Å². The highest BCUT2D eigenvalue weighted by Crippen LogP contribution is 2.40. The van der Waals surface area contributed by atoms with Crippen molar-refractivity contribution in [3.8, 4) is 0 Å². The highest BCUT2D eigenvalue weighted by atomic mass is 16.4. The second-order valence-electron chi connectivity index (χ2n) is 7.70. The molecule has 0 bridgehead atoms. The van der Waals surface area contributed by atoms with Crippen LogP contribution in [-0.4, -0.2) is 11.9 Å². The molecular formula is C20H36O4-2. The Morgan fingerprint density at radius 3 is 1.67 bits per heavy atom. The minimum Gasteiger partial charge on any atom is -0.550 e. The predicted molar refractivity (Wildman–Crippen MR) is 92.9 cm³/mol. The molecule has 0 fully saturated rings. The molecule has 0 rings (SSSR count). The van der Waals surface area contributed by atoms with Gasteiger partial charge >= 0.3 is 0 Å². The summed E-state index contributed by atoms with van der Waals surface area (Å²) in [5.74, 6) is -1.50. The summed E-state index contributed by atoms with van der Waals surface area (Å²) in [4.78, 5) is 22.7. The van der Waals surface area contributed by atoms with Crippen molar-refractivity contribution in [1.29, 1.82) is 0 Å². The summed E-state index contributed by atoms with van der Waals surface area (Å²) in [5, 5.41) is 22.7. The van der Waals surface area contributed by atoms with Crippen LogP contribution in [0.3, 0.4) is 0 Å². The number of carboxylic acids is 2. The molecular weight excluding hydrogens is 304 g/mol. The van der Waals surface area contributed by atoms with Crippen molar-refractivity contribution in [2.24, 2.45) is 17.3 Å². The summed E-state index contributed by atoms with van der Waals surface area (Å²) >= 11 is 0. The number of rotatable bonds is 15. The van der Waals surface area contributed by atoms with Crippen molar-refractivity contribution in [3.63, 3.8) is 0 Å². The lowest BCUT2D eigenvalue weighted by atomic mass is 9.69. The molecule has 4 heteroatoms. The number of hydrogen-bond acceptors (Lipinski definition) is 4. The second-order valence-corrected chi connectivity index (χ2v) is 7.70. The Hall–Kier alpha value is -1.06. The third-order valence-corrected chi connectivity index (χ3v) is 5.05. The van der Waals surface area contributed by atoms with E-state index in [1.165, 1.54) is 0 Å². The van der Waals surface area contributed by atoms with Gasteiger partial charge in [0.1, 0.15) is 0 Å². The molecule has 0 heterocycles. The molecule has 0 aliphatic heterocycles. The van der Waals surface area contributed by atoms with Gasteiger partial charge in [-0.1, -0.05) is 66.2 Å². The van der Waals surface area contributed by atoms with Gasteiger partial charge in [0.25, 0.3) is 0 Å². The van der Waals surface area contributed by atoms with Crippen LogP contribution >= 0.6 is 0 Å². The molecule has 0 aliphatic rings. The molecule has 0 N–H and O–H groups in total. The summed E-state index contributed by atoms with van der Waals surface area (Å²) < 4.78 is 0. The molecule has 0 aromatic heterocycles. The fraction of sp³-hybridized carbons (Fsp3) is 0.900. The van der Waals surface area contributed by atoms with E-state index in [9.17, 15) is 19.8 Å². The van der Waals surface area contributed by atoms with E-state index >= 15 is 0 Å². The van der Waals surface area contributed by atoms with E-state index < -0.39 is 17.4 Å². The van der Waals surface area contributed by atoms with Gasteiger partial charge in [-0.25, -0.2) is 0 Å². The Labute approximate surface area is 148 Å². The topological polar surface area (TPSA) is 80.3 Å². The van der Waals surface area contributed by atoms with Crippen molar-refractivity contribution in [2.45, 2.75) is 98.3 Å². The van der Waals surface area contributed by atoms with E-state index in [1.807, 2.05) is 0 Å².